The summed E-state index contributed by atoms with van der Waals surface area (Å²) in [5, 5.41) is 14.3. The molecule has 6 heteroatoms. The third-order valence-electron chi connectivity index (χ3n) is 3.73. The van der Waals surface area contributed by atoms with Gasteiger partial charge in [0.25, 0.3) is 5.69 Å². The Morgan fingerprint density at radius 1 is 1.52 bits per heavy atom. The van der Waals surface area contributed by atoms with Gasteiger partial charge in [0.1, 0.15) is 5.75 Å². The highest BCUT2D eigenvalue weighted by Gasteiger charge is 2.23. The van der Waals surface area contributed by atoms with Gasteiger partial charge in [0.15, 0.2) is 0 Å². The molecule has 1 aromatic carbocycles. The molecular formula is C15H22N2O4. The zero-order valence-electron chi connectivity index (χ0n) is 12.5. The van der Waals surface area contributed by atoms with Crippen LogP contribution in [-0.4, -0.2) is 30.8 Å². The first-order valence-corrected chi connectivity index (χ1v) is 7.34. The fourth-order valence-electron chi connectivity index (χ4n) is 2.68. The smallest absolute Gasteiger partial charge is 0.271 e. The van der Waals surface area contributed by atoms with Crippen LogP contribution >= 0.6 is 0 Å². The van der Waals surface area contributed by atoms with Crippen molar-refractivity contribution >= 4 is 11.4 Å². The summed E-state index contributed by atoms with van der Waals surface area (Å²) in [6, 6.07) is 4.87. The first-order valence-electron chi connectivity index (χ1n) is 7.34. The van der Waals surface area contributed by atoms with Crippen LogP contribution in [0.4, 0.5) is 11.4 Å². The Hall–Kier alpha value is -1.82. The number of rotatable bonds is 6. The van der Waals surface area contributed by atoms with E-state index in [2.05, 4.69) is 12.2 Å². The SMILES string of the molecule is CCCC1CC(Nc2cc([N+](=O)[O-])ccc2OC)CCO1. The highest BCUT2D eigenvalue weighted by molar-refractivity contribution is 5.62. The van der Waals surface area contributed by atoms with Gasteiger partial charge in [-0.2, -0.15) is 0 Å². The monoisotopic (exact) mass is 294 g/mol. The van der Waals surface area contributed by atoms with Gasteiger partial charge in [0, 0.05) is 24.8 Å². The van der Waals surface area contributed by atoms with Crippen LogP contribution in [0.2, 0.25) is 0 Å². The van der Waals surface area contributed by atoms with Crippen molar-refractivity contribution in [3.8, 4) is 5.75 Å². The number of hydrogen-bond acceptors (Lipinski definition) is 5. The predicted molar refractivity (Wildman–Crippen MR) is 80.9 cm³/mol. The number of ether oxygens (including phenoxy) is 2. The van der Waals surface area contributed by atoms with Crippen LogP contribution in [0, 0.1) is 10.1 Å². The molecular weight excluding hydrogens is 272 g/mol. The summed E-state index contributed by atoms with van der Waals surface area (Å²) in [6.45, 7) is 2.86. The first-order chi connectivity index (χ1) is 10.1. The lowest BCUT2D eigenvalue weighted by Gasteiger charge is -2.31. The summed E-state index contributed by atoms with van der Waals surface area (Å²) in [7, 11) is 1.57. The number of nitro benzene ring substituents is 1. The molecule has 1 aromatic rings. The highest BCUT2D eigenvalue weighted by atomic mass is 16.6. The zero-order valence-corrected chi connectivity index (χ0v) is 12.5. The van der Waals surface area contributed by atoms with Crippen molar-refractivity contribution in [1.82, 2.24) is 0 Å². The van der Waals surface area contributed by atoms with E-state index in [1.54, 1.807) is 13.2 Å². The molecule has 0 aromatic heterocycles. The molecule has 1 N–H and O–H groups in total. The Labute approximate surface area is 124 Å². The average Bonchev–Trinajstić information content (AvgIpc) is 2.48. The van der Waals surface area contributed by atoms with E-state index in [0.29, 0.717) is 11.4 Å². The van der Waals surface area contributed by atoms with E-state index in [-0.39, 0.29) is 17.8 Å². The van der Waals surface area contributed by atoms with Crippen molar-refractivity contribution in [2.45, 2.75) is 44.8 Å². The number of nitrogens with one attached hydrogen (secondary N) is 1. The zero-order chi connectivity index (χ0) is 15.2. The Balaban J connectivity index is 2.10. The summed E-state index contributed by atoms with van der Waals surface area (Å²) in [5.74, 6) is 0.624. The highest BCUT2D eigenvalue weighted by Crippen LogP contribution is 2.31. The van der Waals surface area contributed by atoms with E-state index in [4.69, 9.17) is 9.47 Å². The van der Waals surface area contributed by atoms with Gasteiger partial charge in [-0.15, -0.1) is 0 Å². The maximum Gasteiger partial charge on any atom is 0.271 e. The fourth-order valence-corrected chi connectivity index (χ4v) is 2.68. The molecule has 1 aliphatic heterocycles. The molecule has 116 valence electrons. The number of benzene rings is 1. The molecule has 0 saturated carbocycles. The predicted octanol–water partition coefficient (Wildman–Crippen LogP) is 3.36. The lowest BCUT2D eigenvalue weighted by Crippen LogP contribution is -2.34. The van der Waals surface area contributed by atoms with Gasteiger partial charge in [-0.3, -0.25) is 10.1 Å². The summed E-state index contributed by atoms with van der Waals surface area (Å²) in [6.07, 6.45) is 4.22. The van der Waals surface area contributed by atoms with Gasteiger partial charge in [-0.05, 0) is 25.3 Å². The molecule has 0 bridgehead atoms. The molecule has 0 radical (unpaired) electrons. The average molecular weight is 294 g/mol. The van der Waals surface area contributed by atoms with E-state index in [1.165, 1.54) is 12.1 Å². The summed E-state index contributed by atoms with van der Waals surface area (Å²) < 4.78 is 11.0. The second-order valence-corrected chi connectivity index (χ2v) is 5.29. The quantitative estimate of drug-likeness (QED) is 0.643. The maximum absolute atomic E-state index is 10.9. The Morgan fingerprint density at radius 3 is 3.00 bits per heavy atom. The van der Waals surface area contributed by atoms with E-state index in [9.17, 15) is 10.1 Å². The second kappa shape index (κ2) is 7.26. The van der Waals surface area contributed by atoms with Crippen LogP contribution in [0.25, 0.3) is 0 Å². The van der Waals surface area contributed by atoms with Gasteiger partial charge in [-0.1, -0.05) is 13.3 Å². The van der Waals surface area contributed by atoms with Crippen LogP contribution < -0.4 is 10.1 Å². The number of anilines is 1. The van der Waals surface area contributed by atoms with Crippen molar-refractivity contribution in [2.75, 3.05) is 19.0 Å². The number of methoxy groups -OCH3 is 1. The lowest BCUT2D eigenvalue weighted by atomic mass is 9.99. The Morgan fingerprint density at radius 2 is 2.33 bits per heavy atom. The number of non-ortho nitro benzene ring substituents is 1. The normalized spacial score (nSPS) is 21.8. The summed E-state index contributed by atoms with van der Waals surface area (Å²) in [5.41, 5.74) is 0.740. The van der Waals surface area contributed by atoms with Crippen LogP contribution in [0.1, 0.15) is 32.6 Å². The van der Waals surface area contributed by atoms with E-state index < -0.39 is 4.92 Å². The van der Waals surface area contributed by atoms with E-state index >= 15 is 0 Å². The van der Waals surface area contributed by atoms with E-state index in [1.807, 2.05) is 0 Å². The largest absolute Gasteiger partial charge is 0.495 e. The van der Waals surface area contributed by atoms with Crippen molar-refractivity contribution in [2.24, 2.45) is 0 Å². The molecule has 6 nitrogen and oxygen atoms in total. The van der Waals surface area contributed by atoms with Gasteiger partial charge >= 0.3 is 0 Å². The summed E-state index contributed by atoms with van der Waals surface area (Å²) in [4.78, 5) is 10.5. The van der Waals surface area contributed by atoms with Crippen molar-refractivity contribution < 1.29 is 14.4 Å². The molecule has 1 saturated heterocycles. The van der Waals surface area contributed by atoms with Gasteiger partial charge in [0.05, 0.1) is 23.8 Å². The fraction of sp³-hybridized carbons (Fsp3) is 0.600. The van der Waals surface area contributed by atoms with Crippen LogP contribution in [-0.2, 0) is 4.74 Å². The molecule has 21 heavy (non-hydrogen) atoms. The second-order valence-electron chi connectivity index (χ2n) is 5.29. The Kier molecular flexibility index (Phi) is 5.38. The molecule has 1 fully saturated rings. The molecule has 2 atom stereocenters. The standard InChI is InChI=1S/C15H22N2O4/c1-3-4-13-9-11(7-8-21-13)16-14-10-12(17(18)19)5-6-15(14)20-2/h5-6,10-11,13,16H,3-4,7-9H2,1-2H3. The molecule has 0 amide bonds. The van der Waals surface area contributed by atoms with Crippen LogP contribution in [0.15, 0.2) is 18.2 Å². The number of hydrogen-bond donors (Lipinski definition) is 1. The maximum atomic E-state index is 10.9. The minimum absolute atomic E-state index is 0.0652. The number of nitro groups is 1. The molecule has 1 heterocycles. The van der Waals surface area contributed by atoms with Gasteiger partial charge in [0.2, 0.25) is 0 Å². The third kappa shape index (κ3) is 4.07. The molecule has 2 unspecified atom stereocenters. The minimum Gasteiger partial charge on any atom is -0.495 e. The van der Waals surface area contributed by atoms with Crippen molar-refractivity contribution in [3.63, 3.8) is 0 Å². The minimum atomic E-state index is -0.394. The molecule has 1 aliphatic rings. The summed E-state index contributed by atoms with van der Waals surface area (Å²) >= 11 is 0. The Bertz CT molecular complexity index is 491. The van der Waals surface area contributed by atoms with Gasteiger partial charge < -0.3 is 14.8 Å². The molecule has 0 spiro atoms. The number of nitrogens with zero attached hydrogens (tertiary/aromatic N) is 1. The van der Waals surface area contributed by atoms with Crippen LogP contribution in [0.3, 0.4) is 0 Å². The third-order valence-corrected chi connectivity index (χ3v) is 3.73. The van der Waals surface area contributed by atoms with Crippen LogP contribution in [0.5, 0.6) is 5.75 Å². The molecule has 2 rings (SSSR count). The van der Waals surface area contributed by atoms with Crippen molar-refractivity contribution in [1.29, 1.82) is 0 Å². The lowest BCUT2D eigenvalue weighted by molar-refractivity contribution is -0.384. The van der Waals surface area contributed by atoms with Gasteiger partial charge in [-0.25, -0.2) is 0 Å². The topological polar surface area (TPSA) is 73.6 Å². The van der Waals surface area contributed by atoms with Crippen molar-refractivity contribution in [3.05, 3.63) is 28.3 Å². The first kappa shape index (κ1) is 15.6. The molecule has 0 aliphatic carbocycles. The van der Waals surface area contributed by atoms with E-state index in [0.717, 1.165) is 32.3 Å².